The number of nitrogens with zero attached hydrogens (tertiary/aromatic N) is 3. The molecule has 7 nitrogen and oxygen atoms in total. The van der Waals surface area contributed by atoms with Gasteiger partial charge >= 0.3 is 0 Å². The molecule has 0 unspecified atom stereocenters. The fourth-order valence-corrected chi connectivity index (χ4v) is 4.05. The van der Waals surface area contributed by atoms with Gasteiger partial charge < -0.3 is 9.40 Å². The Hall–Kier alpha value is -3.58. The molecule has 0 atom stereocenters. The minimum atomic E-state index is -0.139. The number of pyridine rings is 1. The smallest absolute Gasteiger partial charge is 0.255 e. The quantitative estimate of drug-likeness (QED) is 0.552. The summed E-state index contributed by atoms with van der Waals surface area (Å²) in [6, 6.07) is 9.38. The molecule has 1 aliphatic rings. The maximum Gasteiger partial charge on any atom is 0.255 e. The minimum absolute atomic E-state index is 0.0117. The highest BCUT2D eigenvalue weighted by Crippen LogP contribution is 2.20. The molecule has 0 saturated carbocycles. The topological polar surface area (TPSA) is 92.1 Å². The van der Waals surface area contributed by atoms with Crippen LogP contribution >= 0.6 is 0 Å². The van der Waals surface area contributed by atoms with Gasteiger partial charge in [0, 0.05) is 49.6 Å². The first-order valence-corrected chi connectivity index (χ1v) is 10.4. The zero-order valence-electron chi connectivity index (χ0n) is 17.2. The molecule has 5 rings (SSSR count). The molecule has 0 radical (unpaired) electrons. The summed E-state index contributed by atoms with van der Waals surface area (Å²) in [5.74, 6) is 0.557. The van der Waals surface area contributed by atoms with Crippen LogP contribution in [0.3, 0.4) is 0 Å². The van der Waals surface area contributed by atoms with E-state index in [2.05, 4.69) is 26.8 Å². The molecule has 1 N–H and O–H groups in total. The molecular weight excluding hydrogens is 392 g/mol. The number of benzene rings is 1. The predicted octanol–water partition coefficient (Wildman–Crippen LogP) is 3.06. The predicted molar refractivity (Wildman–Crippen MR) is 118 cm³/mol. The number of aromatic nitrogens is 3. The van der Waals surface area contributed by atoms with Crippen molar-refractivity contribution in [3.63, 3.8) is 0 Å². The molecule has 0 aliphatic carbocycles. The van der Waals surface area contributed by atoms with Gasteiger partial charge in [-0.15, -0.1) is 0 Å². The van der Waals surface area contributed by atoms with E-state index < -0.39 is 0 Å². The lowest BCUT2D eigenvalue weighted by atomic mass is 10.0. The summed E-state index contributed by atoms with van der Waals surface area (Å²) in [7, 11) is 0. The number of hydrogen-bond acceptors (Lipinski definition) is 6. The van der Waals surface area contributed by atoms with Gasteiger partial charge in [0.25, 0.3) is 5.56 Å². The highest BCUT2D eigenvalue weighted by molar-refractivity contribution is 5.77. The number of fused-ring (bicyclic) bond motifs is 2. The Morgan fingerprint density at radius 1 is 1.16 bits per heavy atom. The monoisotopic (exact) mass is 414 g/mol. The Balaban J connectivity index is 1.42. The first kappa shape index (κ1) is 19.4. The molecule has 1 aromatic carbocycles. The molecule has 7 heteroatoms. The van der Waals surface area contributed by atoms with E-state index in [1.807, 2.05) is 30.3 Å². The second kappa shape index (κ2) is 7.92. The number of aryl methyl sites for hydroxylation is 1. The SMILES string of the molecule is CCc1ccc2occ(CN3CCc4nc(-c5ccncc5)[nH]c(=O)c4C3)c(=O)c2c1. The van der Waals surface area contributed by atoms with Crippen molar-refractivity contribution in [3.05, 3.63) is 92.0 Å². The summed E-state index contributed by atoms with van der Waals surface area (Å²) in [6.45, 7) is 3.65. The molecule has 4 heterocycles. The first-order chi connectivity index (χ1) is 15.1. The number of H-pyrrole nitrogens is 1. The maximum absolute atomic E-state index is 13.0. The van der Waals surface area contributed by atoms with Gasteiger partial charge in [-0.2, -0.15) is 0 Å². The van der Waals surface area contributed by atoms with E-state index in [9.17, 15) is 9.59 Å². The summed E-state index contributed by atoms with van der Waals surface area (Å²) in [6.07, 6.45) is 6.40. The van der Waals surface area contributed by atoms with Crippen molar-refractivity contribution in [1.29, 1.82) is 0 Å². The van der Waals surface area contributed by atoms with Crippen LogP contribution in [-0.4, -0.2) is 26.4 Å². The van der Waals surface area contributed by atoms with Crippen molar-refractivity contribution in [2.45, 2.75) is 32.9 Å². The fraction of sp³-hybridized carbons (Fsp3) is 0.250. The average Bonchev–Trinajstić information content (AvgIpc) is 2.81. The fourth-order valence-electron chi connectivity index (χ4n) is 4.05. The Kier molecular flexibility index (Phi) is 4.95. The van der Waals surface area contributed by atoms with Gasteiger partial charge in [0.05, 0.1) is 22.9 Å². The Morgan fingerprint density at radius 3 is 2.81 bits per heavy atom. The highest BCUT2D eigenvalue weighted by atomic mass is 16.3. The van der Waals surface area contributed by atoms with E-state index >= 15 is 0 Å². The zero-order valence-corrected chi connectivity index (χ0v) is 17.2. The third-order valence-electron chi connectivity index (χ3n) is 5.81. The summed E-state index contributed by atoms with van der Waals surface area (Å²) >= 11 is 0. The summed E-state index contributed by atoms with van der Waals surface area (Å²) in [5.41, 5.74) is 4.44. The molecule has 0 saturated heterocycles. The summed E-state index contributed by atoms with van der Waals surface area (Å²) in [5, 5.41) is 0.607. The molecular formula is C24H22N4O3. The van der Waals surface area contributed by atoms with E-state index in [0.29, 0.717) is 54.0 Å². The number of nitrogens with one attached hydrogen (secondary N) is 1. The molecule has 1 aliphatic heterocycles. The first-order valence-electron chi connectivity index (χ1n) is 10.4. The standard InChI is InChI=1S/C24H22N4O3/c1-2-15-3-4-21-18(11-15)22(29)17(14-31-21)12-28-10-7-20-19(13-28)24(30)27-23(26-20)16-5-8-25-9-6-16/h3-6,8-9,11,14H,2,7,10,12-13H2,1H3,(H,26,27,30). The maximum atomic E-state index is 13.0. The van der Waals surface area contributed by atoms with E-state index in [1.165, 1.54) is 0 Å². The van der Waals surface area contributed by atoms with E-state index in [1.54, 1.807) is 18.7 Å². The molecule has 0 amide bonds. The minimum Gasteiger partial charge on any atom is -0.464 e. The van der Waals surface area contributed by atoms with Crippen LogP contribution in [0.5, 0.6) is 0 Å². The normalized spacial score (nSPS) is 14.0. The number of rotatable bonds is 4. The molecule has 0 spiro atoms. The van der Waals surface area contributed by atoms with Gasteiger partial charge in [-0.3, -0.25) is 19.5 Å². The molecule has 31 heavy (non-hydrogen) atoms. The van der Waals surface area contributed by atoms with Crippen molar-refractivity contribution in [3.8, 4) is 11.4 Å². The highest BCUT2D eigenvalue weighted by Gasteiger charge is 2.22. The molecule has 4 aromatic rings. The third kappa shape index (κ3) is 3.68. The molecule has 3 aromatic heterocycles. The lowest BCUT2D eigenvalue weighted by Gasteiger charge is -2.27. The van der Waals surface area contributed by atoms with Crippen molar-refractivity contribution in [1.82, 2.24) is 19.9 Å². The zero-order chi connectivity index (χ0) is 21.4. The van der Waals surface area contributed by atoms with Crippen LogP contribution < -0.4 is 11.0 Å². The van der Waals surface area contributed by atoms with Gasteiger partial charge in [-0.1, -0.05) is 13.0 Å². The van der Waals surface area contributed by atoms with Crippen LogP contribution in [0.1, 0.15) is 29.3 Å². The van der Waals surface area contributed by atoms with Gasteiger partial charge in [-0.25, -0.2) is 4.98 Å². The Morgan fingerprint density at radius 2 is 2.00 bits per heavy atom. The van der Waals surface area contributed by atoms with Crippen molar-refractivity contribution in [2.24, 2.45) is 0 Å². The van der Waals surface area contributed by atoms with Gasteiger partial charge in [0.15, 0.2) is 5.43 Å². The number of hydrogen-bond donors (Lipinski definition) is 1. The van der Waals surface area contributed by atoms with E-state index in [0.717, 1.165) is 23.2 Å². The molecule has 156 valence electrons. The molecule has 0 fully saturated rings. The van der Waals surface area contributed by atoms with Crippen LogP contribution in [0, 0.1) is 0 Å². The van der Waals surface area contributed by atoms with Crippen LogP contribution in [0.25, 0.3) is 22.4 Å². The van der Waals surface area contributed by atoms with Crippen molar-refractivity contribution < 1.29 is 4.42 Å². The number of aromatic amines is 1. The third-order valence-corrected chi connectivity index (χ3v) is 5.81. The van der Waals surface area contributed by atoms with Gasteiger partial charge in [0.2, 0.25) is 0 Å². The lowest BCUT2D eigenvalue weighted by molar-refractivity contribution is 0.239. The van der Waals surface area contributed by atoms with Crippen LogP contribution in [0.2, 0.25) is 0 Å². The van der Waals surface area contributed by atoms with Gasteiger partial charge in [-0.05, 0) is 36.2 Å². The van der Waals surface area contributed by atoms with Crippen molar-refractivity contribution in [2.75, 3.05) is 6.54 Å². The average molecular weight is 414 g/mol. The van der Waals surface area contributed by atoms with Crippen molar-refractivity contribution >= 4 is 11.0 Å². The summed E-state index contributed by atoms with van der Waals surface area (Å²) in [4.78, 5) is 39.4. The van der Waals surface area contributed by atoms with Crippen LogP contribution in [0.15, 0.2) is 63.0 Å². The Bertz CT molecular complexity index is 1380. The second-order valence-corrected chi connectivity index (χ2v) is 7.81. The van der Waals surface area contributed by atoms with Crippen LogP contribution in [0.4, 0.5) is 0 Å². The largest absolute Gasteiger partial charge is 0.464 e. The summed E-state index contributed by atoms with van der Waals surface area (Å²) < 4.78 is 5.71. The molecule has 0 bridgehead atoms. The lowest BCUT2D eigenvalue weighted by Crippen LogP contribution is -2.36. The Labute approximate surface area is 178 Å². The van der Waals surface area contributed by atoms with E-state index in [-0.39, 0.29) is 11.0 Å². The van der Waals surface area contributed by atoms with Gasteiger partial charge in [0.1, 0.15) is 11.4 Å². The van der Waals surface area contributed by atoms with Crippen LogP contribution in [-0.2, 0) is 25.9 Å². The van der Waals surface area contributed by atoms with E-state index in [4.69, 9.17) is 4.42 Å². The second-order valence-electron chi connectivity index (χ2n) is 7.81.